The van der Waals surface area contributed by atoms with E-state index in [9.17, 15) is 4.79 Å². The van der Waals surface area contributed by atoms with Crippen molar-refractivity contribution >= 4 is 39.5 Å². The Morgan fingerprint density at radius 2 is 1.96 bits per heavy atom. The van der Waals surface area contributed by atoms with Gasteiger partial charge in [0.2, 0.25) is 5.91 Å². The van der Waals surface area contributed by atoms with E-state index in [1.807, 2.05) is 43.3 Å². The first-order chi connectivity index (χ1) is 11.7. The molecule has 0 saturated carbocycles. The highest BCUT2D eigenvalue weighted by Crippen LogP contribution is 2.35. The van der Waals surface area contributed by atoms with Gasteiger partial charge in [-0.05, 0) is 30.5 Å². The molecule has 1 N–H and O–H groups in total. The van der Waals surface area contributed by atoms with Crippen molar-refractivity contribution in [3.8, 4) is 0 Å². The summed E-state index contributed by atoms with van der Waals surface area (Å²) in [6, 6.07) is 18.4. The van der Waals surface area contributed by atoms with Crippen molar-refractivity contribution in [2.75, 3.05) is 6.54 Å². The largest absolute Gasteiger partial charge is 0.355 e. The Kier molecular flexibility index (Phi) is 5.99. The number of rotatable bonds is 5. The van der Waals surface area contributed by atoms with Crippen molar-refractivity contribution in [2.45, 2.75) is 24.3 Å². The lowest BCUT2D eigenvalue weighted by Gasteiger charge is -2.17. The zero-order valence-electron chi connectivity index (χ0n) is 13.6. The summed E-state index contributed by atoms with van der Waals surface area (Å²) >= 11 is 3.24. The first kappa shape index (κ1) is 17.1. The molecule has 1 amide bonds. The average Bonchev–Trinajstić information content (AvgIpc) is 2.62. The van der Waals surface area contributed by atoms with Gasteiger partial charge in [0.15, 0.2) is 0 Å². The summed E-state index contributed by atoms with van der Waals surface area (Å²) < 4.78 is 0.972. The van der Waals surface area contributed by atoms with E-state index in [-0.39, 0.29) is 11.2 Å². The first-order valence-corrected chi connectivity index (χ1v) is 9.86. The van der Waals surface area contributed by atoms with E-state index in [0.717, 1.165) is 22.2 Å². The Bertz CT molecular complexity index is 731. The molecule has 2 aromatic rings. The molecule has 1 aliphatic rings. The molecule has 3 nitrogen and oxygen atoms in total. The molecule has 0 spiro atoms. The zero-order valence-corrected chi connectivity index (χ0v) is 15.2. The number of carbonyl (C=O) groups is 1. The minimum atomic E-state index is -0.141. The number of hydrogen-bond donors (Lipinski definition) is 1. The van der Waals surface area contributed by atoms with E-state index in [0.29, 0.717) is 6.54 Å². The average molecular weight is 357 g/mol. The van der Waals surface area contributed by atoms with Crippen LogP contribution in [0.1, 0.15) is 18.1 Å². The number of fused-ring (bicyclic) bond motifs is 1. The van der Waals surface area contributed by atoms with Gasteiger partial charge in [0, 0.05) is 12.3 Å². The van der Waals surface area contributed by atoms with Gasteiger partial charge in [0.25, 0.3) is 0 Å². The van der Waals surface area contributed by atoms with E-state index in [4.69, 9.17) is 0 Å². The Balaban J connectivity index is 1.49. The summed E-state index contributed by atoms with van der Waals surface area (Å²) in [5, 5.41) is 2.87. The SMILES string of the molecule is CC(SC1=Nc2ccccc2CS1)C(=O)NCCc1ccccc1. The van der Waals surface area contributed by atoms with Gasteiger partial charge in [0.1, 0.15) is 4.38 Å². The molecule has 3 rings (SSSR count). The molecular formula is C19H20N2OS2. The third kappa shape index (κ3) is 4.65. The number of nitrogens with zero attached hydrogens (tertiary/aromatic N) is 1. The van der Waals surface area contributed by atoms with Crippen molar-refractivity contribution in [3.63, 3.8) is 0 Å². The molecular weight excluding hydrogens is 336 g/mol. The van der Waals surface area contributed by atoms with Gasteiger partial charge in [-0.1, -0.05) is 72.1 Å². The van der Waals surface area contributed by atoms with Gasteiger partial charge >= 0.3 is 0 Å². The maximum absolute atomic E-state index is 12.3. The van der Waals surface area contributed by atoms with Crippen LogP contribution in [0, 0.1) is 0 Å². The summed E-state index contributed by atoms with van der Waals surface area (Å²) in [6.07, 6.45) is 0.854. The van der Waals surface area contributed by atoms with Crippen LogP contribution in [0.2, 0.25) is 0 Å². The smallest absolute Gasteiger partial charge is 0.233 e. The lowest BCUT2D eigenvalue weighted by molar-refractivity contribution is -0.120. The van der Waals surface area contributed by atoms with E-state index >= 15 is 0 Å². The zero-order chi connectivity index (χ0) is 16.8. The molecule has 124 valence electrons. The summed E-state index contributed by atoms with van der Waals surface area (Å²) in [7, 11) is 0. The summed E-state index contributed by atoms with van der Waals surface area (Å²) in [5.41, 5.74) is 3.52. The fourth-order valence-corrected chi connectivity index (χ4v) is 4.61. The number of para-hydroxylation sites is 1. The molecule has 0 bridgehead atoms. The molecule has 1 unspecified atom stereocenters. The van der Waals surface area contributed by atoms with Crippen LogP contribution in [0.4, 0.5) is 5.69 Å². The number of nitrogens with one attached hydrogen (secondary N) is 1. The van der Waals surface area contributed by atoms with E-state index < -0.39 is 0 Å². The number of amides is 1. The fourth-order valence-electron chi connectivity index (χ4n) is 2.40. The van der Waals surface area contributed by atoms with Crippen LogP contribution in [-0.4, -0.2) is 22.1 Å². The molecule has 0 aromatic heterocycles. The van der Waals surface area contributed by atoms with Crippen molar-refractivity contribution < 1.29 is 4.79 Å². The molecule has 0 saturated heterocycles. The molecule has 1 atom stereocenters. The van der Waals surface area contributed by atoms with Crippen molar-refractivity contribution in [3.05, 3.63) is 65.7 Å². The standard InChI is InChI=1S/C19H20N2OS2/c1-14(18(22)20-12-11-15-7-3-2-4-8-15)24-19-21-17-10-6-5-9-16(17)13-23-19/h2-10,14H,11-13H2,1H3,(H,20,22). The molecule has 0 fully saturated rings. The lowest BCUT2D eigenvalue weighted by atomic mass is 10.1. The van der Waals surface area contributed by atoms with Crippen LogP contribution in [0.5, 0.6) is 0 Å². The normalized spacial score (nSPS) is 14.5. The molecule has 5 heteroatoms. The minimum absolute atomic E-state index is 0.0677. The van der Waals surface area contributed by atoms with Crippen molar-refractivity contribution in [1.29, 1.82) is 0 Å². The third-order valence-electron chi connectivity index (χ3n) is 3.76. The molecule has 2 aromatic carbocycles. The monoisotopic (exact) mass is 356 g/mol. The molecule has 0 aliphatic carbocycles. The highest BCUT2D eigenvalue weighted by molar-refractivity contribution is 8.39. The van der Waals surface area contributed by atoms with Crippen molar-refractivity contribution in [2.24, 2.45) is 4.99 Å². The predicted molar refractivity (Wildman–Crippen MR) is 105 cm³/mol. The van der Waals surface area contributed by atoms with E-state index in [1.54, 1.807) is 11.8 Å². The second kappa shape index (κ2) is 8.40. The highest BCUT2D eigenvalue weighted by atomic mass is 32.2. The summed E-state index contributed by atoms with van der Waals surface area (Å²) in [4.78, 5) is 16.9. The Hall–Kier alpha value is -1.72. The quantitative estimate of drug-likeness (QED) is 0.863. The first-order valence-electron chi connectivity index (χ1n) is 8.00. The molecule has 24 heavy (non-hydrogen) atoms. The Morgan fingerprint density at radius 3 is 2.79 bits per heavy atom. The number of thioether (sulfide) groups is 2. The maximum atomic E-state index is 12.3. The predicted octanol–water partition coefficient (Wildman–Crippen LogP) is 4.40. The van der Waals surface area contributed by atoms with Crippen molar-refractivity contribution in [1.82, 2.24) is 5.32 Å². The van der Waals surface area contributed by atoms with Gasteiger partial charge in [-0.25, -0.2) is 4.99 Å². The Labute approximate surface area is 151 Å². The molecule has 0 radical (unpaired) electrons. The van der Waals surface area contributed by atoms with Crippen LogP contribution >= 0.6 is 23.5 Å². The van der Waals surface area contributed by atoms with E-state index in [1.165, 1.54) is 22.9 Å². The second-order valence-electron chi connectivity index (χ2n) is 5.58. The van der Waals surface area contributed by atoms with Gasteiger partial charge < -0.3 is 5.32 Å². The molecule has 1 heterocycles. The van der Waals surface area contributed by atoms with Gasteiger partial charge in [0.05, 0.1) is 10.9 Å². The van der Waals surface area contributed by atoms with Crippen LogP contribution in [-0.2, 0) is 17.0 Å². The lowest BCUT2D eigenvalue weighted by Crippen LogP contribution is -2.33. The van der Waals surface area contributed by atoms with Crippen LogP contribution in [0.25, 0.3) is 0 Å². The number of benzene rings is 2. The van der Waals surface area contributed by atoms with Crippen LogP contribution in [0.3, 0.4) is 0 Å². The fraction of sp³-hybridized carbons (Fsp3) is 0.263. The number of carbonyl (C=O) groups excluding carboxylic acids is 1. The minimum Gasteiger partial charge on any atom is -0.355 e. The topological polar surface area (TPSA) is 41.5 Å². The Morgan fingerprint density at radius 1 is 1.21 bits per heavy atom. The van der Waals surface area contributed by atoms with Crippen LogP contribution in [0.15, 0.2) is 59.6 Å². The van der Waals surface area contributed by atoms with Gasteiger partial charge in [-0.15, -0.1) is 0 Å². The third-order valence-corrected chi connectivity index (χ3v) is 6.05. The van der Waals surface area contributed by atoms with Gasteiger partial charge in [-0.3, -0.25) is 4.79 Å². The summed E-state index contributed by atoms with van der Waals surface area (Å²) in [5.74, 6) is 0.989. The summed E-state index contributed by atoms with van der Waals surface area (Å²) in [6.45, 7) is 2.60. The maximum Gasteiger partial charge on any atom is 0.233 e. The number of hydrogen-bond acceptors (Lipinski definition) is 4. The van der Waals surface area contributed by atoms with Crippen LogP contribution < -0.4 is 5.32 Å². The van der Waals surface area contributed by atoms with E-state index in [2.05, 4.69) is 28.5 Å². The second-order valence-corrected chi connectivity index (χ2v) is 8.13. The van der Waals surface area contributed by atoms with Gasteiger partial charge in [-0.2, -0.15) is 0 Å². The molecule has 1 aliphatic heterocycles. The highest BCUT2D eigenvalue weighted by Gasteiger charge is 2.19. The number of aliphatic imine (C=N–C) groups is 1.